The summed E-state index contributed by atoms with van der Waals surface area (Å²) in [6.07, 6.45) is 1.55. The second-order valence-electron chi connectivity index (χ2n) is 5.30. The van der Waals surface area contributed by atoms with Crippen molar-refractivity contribution < 1.29 is 0 Å². The summed E-state index contributed by atoms with van der Waals surface area (Å²) in [6, 6.07) is 12.1. The average Bonchev–Trinajstić information content (AvgIpc) is 3.10. The van der Waals surface area contributed by atoms with Crippen LogP contribution in [0.5, 0.6) is 0 Å². The molecule has 3 heterocycles. The molecule has 0 saturated carbocycles. The lowest BCUT2D eigenvalue weighted by Crippen LogP contribution is -2.15. The molecule has 4 aromatic rings. The van der Waals surface area contributed by atoms with Crippen molar-refractivity contribution >= 4 is 40.6 Å². The van der Waals surface area contributed by atoms with E-state index in [0.29, 0.717) is 32.3 Å². The minimum atomic E-state index is -0.189. The molecule has 0 aliphatic carbocycles. The Morgan fingerprint density at radius 2 is 1.81 bits per heavy atom. The van der Waals surface area contributed by atoms with Crippen LogP contribution >= 0.6 is 35.0 Å². The van der Waals surface area contributed by atoms with Crippen LogP contribution in [0.2, 0.25) is 10.0 Å². The Bertz CT molecular complexity index is 1140. The second-order valence-corrected chi connectivity index (χ2v) is 7.11. The number of rotatable bonds is 4. The fourth-order valence-corrected chi connectivity index (χ4v) is 3.42. The van der Waals surface area contributed by atoms with Crippen molar-refractivity contribution in [2.24, 2.45) is 0 Å². The highest BCUT2D eigenvalue weighted by Crippen LogP contribution is 2.22. The highest BCUT2D eigenvalue weighted by atomic mass is 35.5. The molecule has 0 unspecified atom stereocenters. The first-order valence-electron chi connectivity index (χ1n) is 7.45. The lowest BCUT2D eigenvalue weighted by Gasteiger charge is -2.05. The Hall–Kier alpha value is -2.42. The van der Waals surface area contributed by atoms with Crippen molar-refractivity contribution in [1.29, 1.82) is 0 Å². The third-order valence-corrected chi connectivity index (χ3v) is 4.97. The van der Waals surface area contributed by atoms with Gasteiger partial charge in [-0.3, -0.25) is 9.20 Å². The first kappa shape index (κ1) is 17.0. The Balaban J connectivity index is 1.60. The summed E-state index contributed by atoms with van der Waals surface area (Å²) < 4.78 is 3.02. The molecule has 7 nitrogen and oxygen atoms in total. The molecule has 0 atom stereocenters. The molecule has 10 heteroatoms. The van der Waals surface area contributed by atoms with Crippen LogP contribution in [-0.4, -0.2) is 29.6 Å². The van der Waals surface area contributed by atoms with Crippen LogP contribution in [-0.2, 0) is 5.75 Å². The Morgan fingerprint density at radius 1 is 1.04 bits per heavy atom. The number of hydrogen-bond donors (Lipinski definition) is 0. The van der Waals surface area contributed by atoms with Gasteiger partial charge in [0, 0.05) is 23.0 Å². The molecule has 130 valence electrons. The van der Waals surface area contributed by atoms with E-state index >= 15 is 0 Å². The van der Waals surface area contributed by atoms with Crippen molar-refractivity contribution in [3.63, 3.8) is 0 Å². The number of fused-ring (bicyclic) bond motifs is 1. The van der Waals surface area contributed by atoms with Gasteiger partial charge >= 0.3 is 0 Å². The van der Waals surface area contributed by atoms with Gasteiger partial charge in [-0.15, -0.1) is 5.10 Å². The number of pyridine rings is 1. The topological polar surface area (TPSA) is 78.0 Å². The molecule has 0 aliphatic rings. The maximum absolute atomic E-state index is 12.2. The van der Waals surface area contributed by atoms with E-state index in [4.69, 9.17) is 23.2 Å². The second kappa shape index (κ2) is 7.06. The molecule has 3 aromatic heterocycles. The molecule has 0 bridgehead atoms. The largest absolute Gasteiger partial charge is 0.269 e. The maximum Gasteiger partial charge on any atom is 0.258 e. The Labute approximate surface area is 161 Å². The van der Waals surface area contributed by atoms with Crippen LogP contribution in [0.25, 0.3) is 11.3 Å². The summed E-state index contributed by atoms with van der Waals surface area (Å²) in [5.41, 5.74) is 1.77. The van der Waals surface area contributed by atoms with E-state index in [9.17, 15) is 4.79 Å². The van der Waals surface area contributed by atoms with Crippen LogP contribution in [0.1, 0.15) is 5.69 Å². The summed E-state index contributed by atoms with van der Waals surface area (Å²) in [4.78, 5) is 16.7. The van der Waals surface area contributed by atoms with Crippen LogP contribution < -0.4 is 5.56 Å². The van der Waals surface area contributed by atoms with E-state index < -0.39 is 0 Å². The van der Waals surface area contributed by atoms with Crippen LogP contribution in [0, 0.1) is 0 Å². The van der Waals surface area contributed by atoms with E-state index in [1.165, 1.54) is 22.2 Å². The summed E-state index contributed by atoms with van der Waals surface area (Å²) >= 11 is 13.2. The van der Waals surface area contributed by atoms with Crippen molar-refractivity contribution in [3.05, 3.63) is 74.8 Å². The molecule has 0 radical (unpaired) electrons. The van der Waals surface area contributed by atoms with Gasteiger partial charge in [-0.1, -0.05) is 35.0 Å². The number of hydrogen-bond acceptors (Lipinski definition) is 6. The quantitative estimate of drug-likeness (QED) is 0.485. The van der Waals surface area contributed by atoms with E-state index in [2.05, 4.69) is 20.5 Å². The number of nitrogens with zero attached hydrogens (tertiary/aromatic N) is 6. The van der Waals surface area contributed by atoms with Crippen LogP contribution in [0.3, 0.4) is 0 Å². The van der Waals surface area contributed by atoms with Gasteiger partial charge in [0.2, 0.25) is 5.16 Å². The zero-order valence-electron chi connectivity index (χ0n) is 13.1. The highest BCUT2D eigenvalue weighted by Gasteiger charge is 2.11. The van der Waals surface area contributed by atoms with Crippen LogP contribution in [0.4, 0.5) is 0 Å². The number of benzene rings is 1. The molecule has 0 aliphatic heterocycles. The molecule has 26 heavy (non-hydrogen) atoms. The first-order valence-corrected chi connectivity index (χ1v) is 9.19. The van der Waals surface area contributed by atoms with E-state index in [-0.39, 0.29) is 5.56 Å². The number of thioether (sulfide) groups is 1. The fraction of sp³-hybridized carbons (Fsp3) is 0.0625. The Kier molecular flexibility index (Phi) is 4.62. The molecule has 4 rings (SSSR count). The van der Waals surface area contributed by atoms with Crippen LogP contribution in [0.15, 0.2) is 58.6 Å². The predicted molar refractivity (Wildman–Crippen MR) is 100 cm³/mol. The molecule has 0 fully saturated rings. The summed E-state index contributed by atoms with van der Waals surface area (Å²) in [6.45, 7) is 0. The third-order valence-electron chi connectivity index (χ3n) is 3.54. The van der Waals surface area contributed by atoms with Gasteiger partial charge in [0.15, 0.2) is 0 Å². The summed E-state index contributed by atoms with van der Waals surface area (Å²) in [7, 11) is 0. The number of halogens is 2. The van der Waals surface area contributed by atoms with Crippen molar-refractivity contribution in [2.45, 2.75) is 10.9 Å². The smallest absolute Gasteiger partial charge is 0.258 e. The zero-order chi connectivity index (χ0) is 18.1. The molecular weight excluding hydrogens is 395 g/mol. The molecule has 1 aromatic carbocycles. The van der Waals surface area contributed by atoms with Gasteiger partial charge in [-0.2, -0.15) is 4.68 Å². The molecular formula is C16H10Cl2N6OS. The zero-order valence-corrected chi connectivity index (χ0v) is 15.4. The maximum atomic E-state index is 12.2. The lowest BCUT2D eigenvalue weighted by molar-refractivity contribution is 0.756. The van der Waals surface area contributed by atoms with E-state index in [0.717, 1.165) is 5.69 Å². The normalized spacial score (nSPS) is 11.2. The monoisotopic (exact) mass is 404 g/mol. The molecule has 0 saturated heterocycles. The van der Waals surface area contributed by atoms with Gasteiger partial charge in [-0.25, -0.2) is 4.98 Å². The lowest BCUT2D eigenvalue weighted by atomic mass is 10.3. The van der Waals surface area contributed by atoms with Gasteiger partial charge in [0.05, 0.1) is 16.4 Å². The first-order chi connectivity index (χ1) is 12.6. The minimum absolute atomic E-state index is 0.189. The Morgan fingerprint density at radius 3 is 2.62 bits per heavy atom. The summed E-state index contributed by atoms with van der Waals surface area (Å²) in [5, 5.41) is 13.4. The minimum Gasteiger partial charge on any atom is -0.269 e. The molecule has 0 spiro atoms. The average molecular weight is 405 g/mol. The third kappa shape index (κ3) is 3.44. The summed E-state index contributed by atoms with van der Waals surface area (Å²) in [5.74, 6) is 0.447. The van der Waals surface area contributed by atoms with Gasteiger partial charge in [0.1, 0.15) is 5.65 Å². The highest BCUT2D eigenvalue weighted by molar-refractivity contribution is 7.98. The number of tetrazole rings is 1. The SMILES string of the molecule is O=c1cc(CSc2nnnn2-c2ccc(Cl)cc2)nc2ccc(Cl)cn12. The fourth-order valence-electron chi connectivity index (χ4n) is 2.35. The number of aromatic nitrogens is 6. The van der Waals surface area contributed by atoms with Crippen molar-refractivity contribution in [3.8, 4) is 5.69 Å². The van der Waals surface area contributed by atoms with E-state index in [1.54, 1.807) is 35.1 Å². The van der Waals surface area contributed by atoms with Crippen molar-refractivity contribution in [2.75, 3.05) is 0 Å². The van der Waals surface area contributed by atoms with Gasteiger partial charge in [0.25, 0.3) is 5.56 Å². The molecule has 0 N–H and O–H groups in total. The standard InChI is InChI=1S/C16H10Cl2N6OS/c17-10-1-4-13(5-2-10)24-16(20-21-22-24)26-9-12-7-15(25)23-8-11(18)3-6-14(23)19-12/h1-8H,9H2. The predicted octanol–water partition coefficient (Wildman–Crippen LogP) is 3.27. The van der Waals surface area contributed by atoms with Gasteiger partial charge in [-0.05, 0) is 46.8 Å². The van der Waals surface area contributed by atoms with Crippen molar-refractivity contribution in [1.82, 2.24) is 29.6 Å². The van der Waals surface area contributed by atoms with Gasteiger partial charge < -0.3 is 0 Å². The molecule has 0 amide bonds. The van der Waals surface area contributed by atoms with E-state index in [1.807, 2.05) is 12.1 Å².